The summed E-state index contributed by atoms with van der Waals surface area (Å²) in [7, 11) is 1.64. The van der Waals surface area contributed by atoms with Gasteiger partial charge in [-0.1, -0.05) is 12.1 Å². The number of anilines is 1. The molecule has 0 spiro atoms. The zero-order valence-corrected chi connectivity index (χ0v) is 13.1. The van der Waals surface area contributed by atoms with Gasteiger partial charge in [-0.25, -0.2) is 0 Å². The first-order valence-corrected chi connectivity index (χ1v) is 7.18. The van der Waals surface area contributed by atoms with Crippen molar-refractivity contribution in [3.63, 3.8) is 0 Å². The Kier molecular flexibility index (Phi) is 5.49. The van der Waals surface area contributed by atoms with E-state index in [1.54, 1.807) is 13.3 Å². The lowest BCUT2D eigenvalue weighted by molar-refractivity contribution is -0.114. The van der Waals surface area contributed by atoms with Crippen molar-refractivity contribution in [3.8, 4) is 5.75 Å². The lowest BCUT2D eigenvalue weighted by Gasteiger charge is -2.15. The van der Waals surface area contributed by atoms with Gasteiger partial charge in [0.05, 0.1) is 12.8 Å². The summed E-state index contributed by atoms with van der Waals surface area (Å²) < 4.78 is 5.19. The summed E-state index contributed by atoms with van der Waals surface area (Å²) >= 11 is 0. The van der Waals surface area contributed by atoms with Crippen LogP contribution in [0.5, 0.6) is 5.75 Å². The molecule has 0 aliphatic rings. The third kappa shape index (κ3) is 4.56. The highest BCUT2D eigenvalue weighted by Gasteiger charge is 2.07. The Balaban J connectivity index is 1.99. The van der Waals surface area contributed by atoms with E-state index in [-0.39, 0.29) is 11.9 Å². The van der Waals surface area contributed by atoms with E-state index in [1.165, 1.54) is 6.92 Å². The molecule has 1 atom stereocenters. The molecule has 1 aromatic heterocycles. The Hall–Kier alpha value is -2.40. The molecule has 5 nitrogen and oxygen atoms in total. The average Bonchev–Trinajstić information content (AvgIpc) is 2.52. The van der Waals surface area contributed by atoms with Crippen LogP contribution in [0.2, 0.25) is 0 Å². The molecule has 0 aliphatic heterocycles. The number of pyridine rings is 1. The average molecular weight is 299 g/mol. The summed E-state index contributed by atoms with van der Waals surface area (Å²) in [5.74, 6) is 0.727. The van der Waals surface area contributed by atoms with Crippen molar-refractivity contribution in [2.75, 3.05) is 12.4 Å². The molecule has 22 heavy (non-hydrogen) atoms. The minimum atomic E-state index is -0.0710. The van der Waals surface area contributed by atoms with Crippen molar-refractivity contribution in [1.82, 2.24) is 10.3 Å². The Morgan fingerprint density at radius 1 is 1.32 bits per heavy atom. The normalized spacial score (nSPS) is 11.8. The second-order valence-electron chi connectivity index (χ2n) is 5.10. The standard InChI is InChI=1S/C17H21N3O2/c1-12(14-5-4-6-15(9-14)20-13(2)21)19-11-16-10-17(22-3)7-8-18-16/h4-10,12,19H,11H2,1-3H3,(H,20,21)/t12-/m1/s1. The highest BCUT2D eigenvalue weighted by Crippen LogP contribution is 2.18. The van der Waals surface area contributed by atoms with Crippen LogP contribution in [0.1, 0.15) is 31.1 Å². The first-order chi connectivity index (χ1) is 10.6. The predicted molar refractivity (Wildman–Crippen MR) is 86.8 cm³/mol. The van der Waals surface area contributed by atoms with E-state index < -0.39 is 0 Å². The molecule has 2 N–H and O–H groups in total. The first kappa shape index (κ1) is 16.0. The second kappa shape index (κ2) is 7.56. The third-order valence-electron chi connectivity index (χ3n) is 3.32. The van der Waals surface area contributed by atoms with Gasteiger partial charge in [-0.15, -0.1) is 0 Å². The van der Waals surface area contributed by atoms with Gasteiger partial charge in [0.2, 0.25) is 5.91 Å². The number of benzene rings is 1. The fraction of sp³-hybridized carbons (Fsp3) is 0.294. The molecule has 0 aliphatic carbocycles. The molecule has 0 saturated heterocycles. The summed E-state index contributed by atoms with van der Waals surface area (Å²) in [5.41, 5.74) is 2.83. The van der Waals surface area contributed by atoms with E-state index in [0.29, 0.717) is 6.54 Å². The summed E-state index contributed by atoms with van der Waals surface area (Å²) in [4.78, 5) is 15.4. The number of ether oxygens (including phenoxy) is 1. The molecule has 1 heterocycles. The number of nitrogens with zero attached hydrogens (tertiary/aromatic N) is 1. The molecule has 5 heteroatoms. The molecule has 0 saturated carbocycles. The Morgan fingerprint density at radius 3 is 2.86 bits per heavy atom. The Morgan fingerprint density at radius 2 is 2.14 bits per heavy atom. The second-order valence-corrected chi connectivity index (χ2v) is 5.10. The van der Waals surface area contributed by atoms with Crippen molar-refractivity contribution < 1.29 is 9.53 Å². The van der Waals surface area contributed by atoms with Gasteiger partial charge in [0.1, 0.15) is 5.75 Å². The van der Waals surface area contributed by atoms with Crippen LogP contribution >= 0.6 is 0 Å². The van der Waals surface area contributed by atoms with Crippen LogP contribution in [0.3, 0.4) is 0 Å². The lowest BCUT2D eigenvalue weighted by Crippen LogP contribution is -2.19. The molecule has 0 unspecified atom stereocenters. The van der Waals surface area contributed by atoms with Gasteiger partial charge in [0.25, 0.3) is 0 Å². The van der Waals surface area contributed by atoms with Crippen molar-refractivity contribution in [3.05, 3.63) is 53.9 Å². The number of nitrogens with one attached hydrogen (secondary N) is 2. The van der Waals surface area contributed by atoms with Crippen LogP contribution in [0.4, 0.5) is 5.69 Å². The summed E-state index contributed by atoms with van der Waals surface area (Å²) in [6.07, 6.45) is 1.73. The molecule has 0 bridgehead atoms. The molecule has 2 rings (SSSR count). The third-order valence-corrected chi connectivity index (χ3v) is 3.32. The molecule has 1 amide bonds. The van der Waals surface area contributed by atoms with Gasteiger partial charge in [-0.3, -0.25) is 9.78 Å². The van der Waals surface area contributed by atoms with E-state index >= 15 is 0 Å². The zero-order valence-electron chi connectivity index (χ0n) is 13.1. The van der Waals surface area contributed by atoms with Crippen LogP contribution in [0.25, 0.3) is 0 Å². The predicted octanol–water partition coefficient (Wildman–Crippen LogP) is 2.90. The van der Waals surface area contributed by atoms with E-state index in [2.05, 4.69) is 22.5 Å². The molecule has 0 fully saturated rings. The highest BCUT2D eigenvalue weighted by atomic mass is 16.5. The molecular formula is C17H21N3O2. The SMILES string of the molecule is COc1ccnc(CN[C@H](C)c2cccc(NC(C)=O)c2)c1. The van der Waals surface area contributed by atoms with E-state index in [1.807, 2.05) is 36.4 Å². The van der Waals surface area contributed by atoms with Crippen LogP contribution in [-0.4, -0.2) is 18.0 Å². The smallest absolute Gasteiger partial charge is 0.221 e. The number of methoxy groups -OCH3 is 1. The molecule has 1 aromatic carbocycles. The number of carbonyl (C=O) groups is 1. The Bertz CT molecular complexity index is 643. The van der Waals surface area contributed by atoms with Gasteiger partial charge in [-0.05, 0) is 30.7 Å². The number of carbonyl (C=O) groups excluding carboxylic acids is 1. The summed E-state index contributed by atoms with van der Waals surface area (Å²) in [6, 6.07) is 11.7. The molecule has 116 valence electrons. The largest absolute Gasteiger partial charge is 0.497 e. The quantitative estimate of drug-likeness (QED) is 0.861. The maximum atomic E-state index is 11.1. The zero-order chi connectivity index (χ0) is 15.9. The van der Waals surface area contributed by atoms with Gasteiger partial charge in [0.15, 0.2) is 0 Å². The van der Waals surface area contributed by atoms with Gasteiger partial charge >= 0.3 is 0 Å². The first-order valence-electron chi connectivity index (χ1n) is 7.18. The number of amides is 1. The fourth-order valence-corrected chi connectivity index (χ4v) is 2.14. The Labute approximate surface area is 130 Å². The number of hydrogen-bond acceptors (Lipinski definition) is 4. The maximum absolute atomic E-state index is 11.1. The van der Waals surface area contributed by atoms with E-state index in [9.17, 15) is 4.79 Å². The number of aromatic nitrogens is 1. The summed E-state index contributed by atoms with van der Waals surface area (Å²) in [6.45, 7) is 4.22. The monoisotopic (exact) mass is 299 g/mol. The van der Waals surface area contributed by atoms with Crippen LogP contribution < -0.4 is 15.4 Å². The van der Waals surface area contributed by atoms with E-state index in [4.69, 9.17) is 4.74 Å². The van der Waals surface area contributed by atoms with E-state index in [0.717, 1.165) is 22.7 Å². The maximum Gasteiger partial charge on any atom is 0.221 e. The number of hydrogen-bond donors (Lipinski definition) is 2. The topological polar surface area (TPSA) is 63.2 Å². The molecule has 0 radical (unpaired) electrons. The minimum absolute atomic E-state index is 0.0710. The minimum Gasteiger partial charge on any atom is -0.497 e. The highest BCUT2D eigenvalue weighted by molar-refractivity contribution is 5.88. The lowest BCUT2D eigenvalue weighted by atomic mass is 10.1. The fourth-order valence-electron chi connectivity index (χ4n) is 2.14. The van der Waals surface area contributed by atoms with Crippen LogP contribution in [0, 0.1) is 0 Å². The van der Waals surface area contributed by atoms with Crippen molar-refractivity contribution >= 4 is 11.6 Å². The van der Waals surface area contributed by atoms with Crippen molar-refractivity contribution in [1.29, 1.82) is 0 Å². The van der Waals surface area contributed by atoms with Gasteiger partial charge in [0, 0.05) is 37.5 Å². The van der Waals surface area contributed by atoms with Crippen LogP contribution in [0.15, 0.2) is 42.6 Å². The van der Waals surface area contributed by atoms with Crippen molar-refractivity contribution in [2.24, 2.45) is 0 Å². The van der Waals surface area contributed by atoms with Gasteiger partial charge < -0.3 is 15.4 Å². The van der Waals surface area contributed by atoms with Gasteiger partial charge in [-0.2, -0.15) is 0 Å². The molecule has 2 aromatic rings. The summed E-state index contributed by atoms with van der Waals surface area (Å²) in [5, 5.41) is 6.21. The van der Waals surface area contributed by atoms with Crippen molar-refractivity contribution in [2.45, 2.75) is 26.4 Å². The molecular weight excluding hydrogens is 278 g/mol. The number of rotatable bonds is 6. The van der Waals surface area contributed by atoms with Crippen LogP contribution in [-0.2, 0) is 11.3 Å².